The summed E-state index contributed by atoms with van der Waals surface area (Å²) < 4.78 is 5.15. The minimum Gasteiger partial charge on any atom is -0.457 e. The third kappa shape index (κ3) is 3.67. The van der Waals surface area contributed by atoms with E-state index in [9.17, 15) is 9.59 Å². The van der Waals surface area contributed by atoms with Crippen molar-refractivity contribution >= 4 is 11.9 Å². The molecule has 2 N–H and O–H groups in total. The molecule has 0 aromatic heterocycles. The van der Waals surface area contributed by atoms with Crippen LogP contribution in [0.2, 0.25) is 0 Å². The first-order chi connectivity index (χ1) is 10.1. The normalized spacial score (nSPS) is 9.67. The number of nitriles is 1. The van der Waals surface area contributed by atoms with E-state index in [0.717, 1.165) is 5.56 Å². The number of rotatable bonds is 4. The summed E-state index contributed by atoms with van der Waals surface area (Å²) in [5.41, 5.74) is 7.13. The van der Waals surface area contributed by atoms with Gasteiger partial charge in [-0.2, -0.15) is 5.26 Å². The predicted molar refractivity (Wildman–Crippen MR) is 75.2 cm³/mol. The van der Waals surface area contributed by atoms with Crippen molar-refractivity contribution in [3.8, 4) is 6.07 Å². The van der Waals surface area contributed by atoms with Crippen LogP contribution in [0.3, 0.4) is 0 Å². The Labute approximate surface area is 121 Å². The van der Waals surface area contributed by atoms with Crippen LogP contribution >= 0.6 is 0 Å². The standard InChI is InChI=1S/C16H12N2O3/c17-9-11-1-3-12(4-2-11)10-21-16(20)14-7-5-13(6-8-14)15(18)19/h1-8H,10H2,(H2,18,19). The summed E-state index contributed by atoms with van der Waals surface area (Å²) >= 11 is 0. The average Bonchev–Trinajstić information content (AvgIpc) is 2.53. The molecule has 0 heterocycles. The molecule has 0 aliphatic heterocycles. The molecule has 2 aromatic rings. The number of esters is 1. The molecule has 0 atom stereocenters. The summed E-state index contributed by atoms with van der Waals surface area (Å²) in [5, 5.41) is 8.69. The Hall–Kier alpha value is -3.13. The third-order valence-corrected chi connectivity index (χ3v) is 2.86. The highest BCUT2D eigenvalue weighted by Crippen LogP contribution is 2.09. The highest BCUT2D eigenvalue weighted by molar-refractivity contribution is 5.95. The van der Waals surface area contributed by atoms with Gasteiger partial charge in [-0.15, -0.1) is 0 Å². The molecule has 0 bridgehead atoms. The zero-order valence-electron chi connectivity index (χ0n) is 11.1. The van der Waals surface area contributed by atoms with Gasteiger partial charge in [-0.25, -0.2) is 4.79 Å². The Morgan fingerprint density at radius 3 is 2.10 bits per heavy atom. The Kier molecular flexibility index (Phi) is 4.32. The molecule has 0 radical (unpaired) electrons. The Bertz CT molecular complexity index is 698. The van der Waals surface area contributed by atoms with E-state index < -0.39 is 11.9 Å². The molecule has 2 rings (SSSR count). The second-order valence-corrected chi connectivity index (χ2v) is 4.33. The summed E-state index contributed by atoms with van der Waals surface area (Å²) in [6, 6.07) is 14.7. The summed E-state index contributed by atoms with van der Waals surface area (Å²) in [5.74, 6) is -1.04. The Morgan fingerprint density at radius 1 is 1.00 bits per heavy atom. The van der Waals surface area contributed by atoms with Crippen LogP contribution in [0.1, 0.15) is 31.8 Å². The first kappa shape index (κ1) is 14.3. The maximum atomic E-state index is 11.8. The van der Waals surface area contributed by atoms with E-state index in [0.29, 0.717) is 16.7 Å². The smallest absolute Gasteiger partial charge is 0.338 e. The second-order valence-electron chi connectivity index (χ2n) is 4.33. The number of ether oxygens (including phenoxy) is 1. The summed E-state index contributed by atoms with van der Waals surface area (Å²) in [6.07, 6.45) is 0. The van der Waals surface area contributed by atoms with Crippen molar-refractivity contribution in [1.82, 2.24) is 0 Å². The highest BCUT2D eigenvalue weighted by Gasteiger charge is 2.08. The lowest BCUT2D eigenvalue weighted by atomic mass is 10.1. The van der Waals surface area contributed by atoms with E-state index in [1.165, 1.54) is 24.3 Å². The van der Waals surface area contributed by atoms with Gasteiger partial charge >= 0.3 is 5.97 Å². The van der Waals surface area contributed by atoms with E-state index in [4.69, 9.17) is 15.7 Å². The number of benzene rings is 2. The van der Waals surface area contributed by atoms with Gasteiger partial charge in [0.1, 0.15) is 6.61 Å². The SMILES string of the molecule is N#Cc1ccc(COC(=O)c2ccc(C(N)=O)cc2)cc1. The minimum absolute atomic E-state index is 0.113. The van der Waals surface area contributed by atoms with Gasteiger partial charge in [-0.1, -0.05) is 12.1 Å². The lowest BCUT2D eigenvalue weighted by molar-refractivity contribution is 0.0472. The van der Waals surface area contributed by atoms with Crippen LogP contribution in [0, 0.1) is 11.3 Å². The van der Waals surface area contributed by atoms with Crippen molar-refractivity contribution in [2.75, 3.05) is 0 Å². The van der Waals surface area contributed by atoms with Gasteiger partial charge in [0.2, 0.25) is 5.91 Å². The maximum Gasteiger partial charge on any atom is 0.338 e. The zero-order chi connectivity index (χ0) is 15.2. The van der Waals surface area contributed by atoms with Gasteiger partial charge in [-0.05, 0) is 42.0 Å². The van der Waals surface area contributed by atoms with E-state index in [-0.39, 0.29) is 6.61 Å². The number of nitrogens with zero attached hydrogens (tertiary/aromatic N) is 1. The van der Waals surface area contributed by atoms with Crippen molar-refractivity contribution in [2.24, 2.45) is 5.73 Å². The van der Waals surface area contributed by atoms with Crippen LogP contribution < -0.4 is 5.73 Å². The van der Waals surface area contributed by atoms with Crippen molar-refractivity contribution in [3.05, 3.63) is 70.8 Å². The molecular weight excluding hydrogens is 268 g/mol. The van der Waals surface area contributed by atoms with Crippen molar-refractivity contribution < 1.29 is 14.3 Å². The molecule has 5 heteroatoms. The summed E-state index contributed by atoms with van der Waals surface area (Å²) in [4.78, 5) is 22.8. The minimum atomic E-state index is -0.549. The first-order valence-electron chi connectivity index (χ1n) is 6.16. The van der Waals surface area contributed by atoms with E-state index in [2.05, 4.69) is 0 Å². The third-order valence-electron chi connectivity index (χ3n) is 2.86. The van der Waals surface area contributed by atoms with Crippen LogP contribution in [-0.2, 0) is 11.3 Å². The fourth-order valence-electron chi connectivity index (χ4n) is 1.68. The molecule has 5 nitrogen and oxygen atoms in total. The molecule has 0 saturated heterocycles. The second kappa shape index (κ2) is 6.35. The Balaban J connectivity index is 1.97. The fraction of sp³-hybridized carbons (Fsp3) is 0.0625. The highest BCUT2D eigenvalue weighted by atomic mass is 16.5. The van der Waals surface area contributed by atoms with Crippen molar-refractivity contribution in [1.29, 1.82) is 5.26 Å². The zero-order valence-corrected chi connectivity index (χ0v) is 11.1. The molecule has 21 heavy (non-hydrogen) atoms. The summed E-state index contributed by atoms with van der Waals surface area (Å²) in [6.45, 7) is 0.113. The molecule has 2 aromatic carbocycles. The Morgan fingerprint density at radius 2 is 1.57 bits per heavy atom. The van der Waals surface area contributed by atoms with Gasteiger partial charge < -0.3 is 10.5 Å². The molecule has 0 aliphatic rings. The van der Waals surface area contributed by atoms with Gasteiger partial charge in [-0.3, -0.25) is 4.79 Å². The molecule has 0 spiro atoms. The van der Waals surface area contributed by atoms with Crippen molar-refractivity contribution in [3.63, 3.8) is 0 Å². The number of carbonyl (C=O) groups excluding carboxylic acids is 2. The lowest BCUT2D eigenvalue weighted by Gasteiger charge is -2.05. The number of nitrogens with two attached hydrogens (primary N) is 1. The number of primary amides is 1. The monoisotopic (exact) mass is 280 g/mol. The van der Waals surface area contributed by atoms with Crippen LogP contribution in [0.25, 0.3) is 0 Å². The number of hydrogen-bond acceptors (Lipinski definition) is 4. The van der Waals surface area contributed by atoms with Gasteiger partial charge in [0, 0.05) is 5.56 Å². The van der Waals surface area contributed by atoms with Gasteiger partial charge in [0.25, 0.3) is 0 Å². The van der Waals surface area contributed by atoms with Crippen LogP contribution in [-0.4, -0.2) is 11.9 Å². The maximum absolute atomic E-state index is 11.8. The number of carbonyl (C=O) groups is 2. The lowest BCUT2D eigenvalue weighted by Crippen LogP contribution is -2.11. The van der Waals surface area contributed by atoms with Crippen LogP contribution in [0.4, 0.5) is 0 Å². The molecule has 0 fully saturated rings. The van der Waals surface area contributed by atoms with Crippen molar-refractivity contribution in [2.45, 2.75) is 6.61 Å². The molecule has 0 saturated carbocycles. The number of amides is 1. The molecule has 104 valence electrons. The molecule has 0 unspecified atom stereocenters. The predicted octanol–water partition coefficient (Wildman–Crippen LogP) is 2.01. The van der Waals surface area contributed by atoms with E-state index >= 15 is 0 Å². The largest absolute Gasteiger partial charge is 0.457 e. The van der Waals surface area contributed by atoms with E-state index in [1.807, 2.05) is 6.07 Å². The first-order valence-corrected chi connectivity index (χ1v) is 6.16. The summed E-state index contributed by atoms with van der Waals surface area (Å²) in [7, 11) is 0. The quantitative estimate of drug-likeness (QED) is 0.867. The molecular formula is C16H12N2O3. The number of hydrogen-bond donors (Lipinski definition) is 1. The fourth-order valence-corrected chi connectivity index (χ4v) is 1.68. The molecule has 0 aliphatic carbocycles. The average molecular weight is 280 g/mol. The van der Waals surface area contributed by atoms with Gasteiger partial charge in [0.05, 0.1) is 17.2 Å². The van der Waals surface area contributed by atoms with Crippen LogP contribution in [0.5, 0.6) is 0 Å². The van der Waals surface area contributed by atoms with E-state index in [1.54, 1.807) is 24.3 Å². The van der Waals surface area contributed by atoms with Gasteiger partial charge in [0.15, 0.2) is 0 Å². The molecule has 1 amide bonds. The topological polar surface area (TPSA) is 93.2 Å². The van der Waals surface area contributed by atoms with Crippen LogP contribution in [0.15, 0.2) is 48.5 Å².